The van der Waals surface area contributed by atoms with Crippen molar-refractivity contribution in [3.05, 3.63) is 69.7 Å². The Morgan fingerprint density at radius 1 is 1.11 bits per heavy atom. The van der Waals surface area contributed by atoms with Crippen molar-refractivity contribution in [2.45, 2.75) is 51.9 Å². The van der Waals surface area contributed by atoms with Crippen LogP contribution in [0.25, 0.3) is 0 Å². The van der Waals surface area contributed by atoms with Crippen molar-refractivity contribution in [2.24, 2.45) is 0 Å². The molecule has 1 atom stereocenters. The molecule has 5 nitrogen and oxygen atoms in total. The predicted molar refractivity (Wildman–Crippen MR) is 112 cm³/mol. The molecular formula is C22H25BrN2O3. The molecule has 2 aromatic carbocycles. The number of benzene rings is 2. The number of nitrogens with zero attached hydrogens (tertiary/aromatic N) is 1. The molecule has 6 heteroatoms. The van der Waals surface area contributed by atoms with Gasteiger partial charge in [-0.15, -0.1) is 0 Å². The van der Waals surface area contributed by atoms with E-state index in [-0.39, 0.29) is 5.91 Å². The number of ether oxygens (including phenoxy) is 1. The molecule has 2 aromatic rings. The summed E-state index contributed by atoms with van der Waals surface area (Å²) in [6.07, 6.45) is -0.170. The average Bonchev–Trinajstić information content (AvgIpc) is 3.03. The summed E-state index contributed by atoms with van der Waals surface area (Å²) in [6.45, 7) is 6.48. The van der Waals surface area contributed by atoms with Gasteiger partial charge in [0.1, 0.15) is 11.6 Å². The third kappa shape index (κ3) is 5.35. The molecule has 0 bridgehead atoms. The zero-order valence-corrected chi connectivity index (χ0v) is 18.0. The Morgan fingerprint density at radius 2 is 1.79 bits per heavy atom. The number of carbonyl (C=O) groups excluding carboxylic acids is 2. The van der Waals surface area contributed by atoms with E-state index in [1.54, 1.807) is 25.7 Å². The lowest BCUT2D eigenvalue weighted by atomic mass is 10.0. The third-order valence-corrected chi connectivity index (χ3v) is 4.97. The van der Waals surface area contributed by atoms with Gasteiger partial charge in [0.2, 0.25) is 5.91 Å². The number of fused-ring (bicyclic) bond motifs is 1. The van der Waals surface area contributed by atoms with E-state index in [2.05, 4.69) is 21.2 Å². The summed E-state index contributed by atoms with van der Waals surface area (Å²) in [5, 5.41) is 2.78. The molecule has 0 fully saturated rings. The topological polar surface area (TPSA) is 58.6 Å². The van der Waals surface area contributed by atoms with Crippen LogP contribution in [0, 0.1) is 0 Å². The second kappa shape index (κ2) is 8.35. The number of carbonyl (C=O) groups is 2. The molecule has 0 unspecified atom stereocenters. The molecule has 0 saturated heterocycles. The summed E-state index contributed by atoms with van der Waals surface area (Å²) in [5.41, 5.74) is 2.61. The molecule has 3 rings (SSSR count). The van der Waals surface area contributed by atoms with E-state index in [1.165, 1.54) is 0 Å². The van der Waals surface area contributed by atoms with Crippen LogP contribution in [0.1, 0.15) is 37.5 Å². The van der Waals surface area contributed by atoms with Gasteiger partial charge in [-0.25, -0.2) is 4.79 Å². The van der Waals surface area contributed by atoms with Gasteiger partial charge < -0.3 is 15.0 Å². The van der Waals surface area contributed by atoms with Crippen LogP contribution in [0.5, 0.6) is 0 Å². The molecule has 0 spiro atoms. The molecule has 148 valence electrons. The van der Waals surface area contributed by atoms with Gasteiger partial charge in [0.15, 0.2) is 0 Å². The highest BCUT2D eigenvalue weighted by Gasteiger charge is 2.31. The number of hydrogen-bond acceptors (Lipinski definition) is 3. The summed E-state index contributed by atoms with van der Waals surface area (Å²) >= 11 is 3.48. The fourth-order valence-electron chi connectivity index (χ4n) is 3.24. The first-order valence-corrected chi connectivity index (χ1v) is 10.1. The van der Waals surface area contributed by atoms with E-state index in [0.29, 0.717) is 19.5 Å². The summed E-state index contributed by atoms with van der Waals surface area (Å²) in [7, 11) is 0. The Bertz CT molecular complexity index is 862. The maximum absolute atomic E-state index is 13.2. The lowest BCUT2D eigenvalue weighted by Crippen LogP contribution is -2.49. The fourth-order valence-corrected chi connectivity index (χ4v) is 3.65. The number of amides is 2. The van der Waals surface area contributed by atoms with Crippen LogP contribution in [0.15, 0.2) is 53.0 Å². The van der Waals surface area contributed by atoms with Crippen molar-refractivity contribution in [3.63, 3.8) is 0 Å². The maximum atomic E-state index is 13.2. The predicted octanol–water partition coefficient (Wildman–Crippen LogP) is 4.43. The summed E-state index contributed by atoms with van der Waals surface area (Å²) in [6, 6.07) is 15.0. The monoisotopic (exact) mass is 444 g/mol. The standard InChI is InChI=1S/C22H25BrN2O3/c1-22(2,3)28-21(27)24-19(11-15-7-5-4-6-8-15)20(26)25-13-16-9-10-18(23)12-17(16)14-25/h4-10,12,19H,11,13-14H2,1-3H3,(H,24,27)/t19-/m1/s1. The highest BCUT2D eigenvalue weighted by Crippen LogP contribution is 2.26. The average molecular weight is 445 g/mol. The quantitative estimate of drug-likeness (QED) is 0.758. The SMILES string of the molecule is CC(C)(C)OC(=O)N[C@H](Cc1ccccc1)C(=O)N1Cc2ccc(Br)cc2C1. The number of hydrogen-bond donors (Lipinski definition) is 1. The van der Waals surface area contributed by atoms with E-state index in [4.69, 9.17) is 4.74 Å². The normalized spacial score (nSPS) is 14.4. The van der Waals surface area contributed by atoms with Crippen LogP contribution >= 0.6 is 15.9 Å². The number of alkyl carbamates (subject to hydrolysis) is 1. The Labute approximate surface area is 174 Å². The molecule has 0 aromatic heterocycles. The molecule has 0 saturated carbocycles. The van der Waals surface area contributed by atoms with Crippen LogP contribution in [0.2, 0.25) is 0 Å². The van der Waals surface area contributed by atoms with Gasteiger partial charge in [0.25, 0.3) is 0 Å². The van der Waals surface area contributed by atoms with Gasteiger partial charge in [-0.1, -0.05) is 52.3 Å². The second-order valence-corrected chi connectivity index (χ2v) is 8.91. The number of nitrogens with one attached hydrogen (secondary N) is 1. The highest BCUT2D eigenvalue weighted by atomic mass is 79.9. The molecule has 2 amide bonds. The fraction of sp³-hybridized carbons (Fsp3) is 0.364. The van der Waals surface area contributed by atoms with Crippen LogP contribution in [-0.2, 0) is 29.0 Å². The molecular weight excluding hydrogens is 420 g/mol. The minimum Gasteiger partial charge on any atom is -0.444 e. The number of halogens is 1. The molecule has 1 heterocycles. The first-order valence-electron chi connectivity index (χ1n) is 9.31. The van der Waals surface area contributed by atoms with E-state index in [0.717, 1.165) is 21.2 Å². The van der Waals surface area contributed by atoms with Gasteiger partial charge in [-0.05, 0) is 49.6 Å². The molecule has 0 aliphatic carbocycles. The zero-order chi connectivity index (χ0) is 20.3. The van der Waals surface area contributed by atoms with Crippen molar-refractivity contribution >= 4 is 27.9 Å². The van der Waals surface area contributed by atoms with Gasteiger partial charge in [0.05, 0.1) is 0 Å². The van der Waals surface area contributed by atoms with Gasteiger partial charge in [-0.2, -0.15) is 0 Å². The van der Waals surface area contributed by atoms with Crippen LogP contribution in [0.3, 0.4) is 0 Å². The van der Waals surface area contributed by atoms with Crippen LogP contribution in [0.4, 0.5) is 4.79 Å². The Kier molecular flexibility index (Phi) is 6.08. The zero-order valence-electron chi connectivity index (χ0n) is 16.4. The van der Waals surface area contributed by atoms with Crippen LogP contribution < -0.4 is 5.32 Å². The largest absolute Gasteiger partial charge is 0.444 e. The minimum absolute atomic E-state index is 0.109. The van der Waals surface area contributed by atoms with E-state index in [9.17, 15) is 9.59 Å². The molecule has 1 aliphatic rings. The first-order chi connectivity index (χ1) is 13.2. The van der Waals surface area contributed by atoms with Crippen molar-refractivity contribution in [1.29, 1.82) is 0 Å². The number of rotatable bonds is 4. The summed E-state index contributed by atoms with van der Waals surface area (Å²) in [4.78, 5) is 27.4. The summed E-state index contributed by atoms with van der Waals surface area (Å²) in [5.74, 6) is -0.109. The van der Waals surface area contributed by atoms with E-state index < -0.39 is 17.7 Å². The van der Waals surface area contributed by atoms with Crippen molar-refractivity contribution < 1.29 is 14.3 Å². The molecule has 1 aliphatic heterocycles. The van der Waals surface area contributed by atoms with Crippen molar-refractivity contribution in [1.82, 2.24) is 10.2 Å². The van der Waals surface area contributed by atoms with Gasteiger partial charge in [-0.3, -0.25) is 4.79 Å². The highest BCUT2D eigenvalue weighted by molar-refractivity contribution is 9.10. The molecule has 1 N–H and O–H groups in total. The van der Waals surface area contributed by atoms with Crippen molar-refractivity contribution in [2.75, 3.05) is 0 Å². The van der Waals surface area contributed by atoms with Crippen molar-refractivity contribution in [3.8, 4) is 0 Å². The Hall–Kier alpha value is -2.34. The Morgan fingerprint density at radius 3 is 2.46 bits per heavy atom. The molecule has 0 radical (unpaired) electrons. The second-order valence-electron chi connectivity index (χ2n) is 8.00. The maximum Gasteiger partial charge on any atom is 0.408 e. The van der Waals surface area contributed by atoms with E-state index in [1.807, 2.05) is 48.5 Å². The van der Waals surface area contributed by atoms with E-state index >= 15 is 0 Å². The summed E-state index contributed by atoms with van der Waals surface area (Å²) < 4.78 is 6.36. The Balaban J connectivity index is 1.76. The molecule has 28 heavy (non-hydrogen) atoms. The lowest BCUT2D eigenvalue weighted by Gasteiger charge is -2.26. The first kappa shape index (κ1) is 20.4. The smallest absolute Gasteiger partial charge is 0.408 e. The minimum atomic E-state index is -0.685. The third-order valence-electron chi connectivity index (χ3n) is 4.47. The lowest BCUT2D eigenvalue weighted by molar-refractivity contribution is -0.134. The van der Waals surface area contributed by atoms with Gasteiger partial charge in [0, 0.05) is 24.0 Å². The van der Waals surface area contributed by atoms with Gasteiger partial charge >= 0.3 is 6.09 Å². The van der Waals surface area contributed by atoms with Crippen LogP contribution in [-0.4, -0.2) is 28.5 Å².